The van der Waals surface area contributed by atoms with Crippen LogP contribution < -0.4 is 25.4 Å². The van der Waals surface area contributed by atoms with Crippen molar-refractivity contribution < 1.29 is 19.1 Å². The van der Waals surface area contributed by atoms with Crippen molar-refractivity contribution in [2.24, 2.45) is 0 Å². The average Bonchev–Trinajstić information content (AvgIpc) is 2.61. The molecule has 0 unspecified atom stereocenters. The Bertz CT molecular complexity index is 809. The van der Waals surface area contributed by atoms with Crippen LogP contribution >= 0.6 is 0 Å². The molecule has 2 aromatic rings. The van der Waals surface area contributed by atoms with Crippen LogP contribution in [-0.4, -0.2) is 30.6 Å². The number of hydrogen-bond donors (Lipinski definition) is 3. The molecule has 25 heavy (non-hydrogen) atoms. The fourth-order valence-corrected chi connectivity index (χ4v) is 2.46. The number of nitrogens with one attached hydrogen (secondary N) is 3. The third-order valence-electron chi connectivity index (χ3n) is 3.70. The van der Waals surface area contributed by atoms with E-state index >= 15 is 0 Å². The number of carbonyl (C=O) groups is 2. The summed E-state index contributed by atoms with van der Waals surface area (Å²) in [4.78, 5) is 27.6. The minimum absolute atomic E-state index is 0.00942. The zero-order valence-electron chi connectivity index (χ0n) is 13.8. The first kappa shape index (κ1) is 16.6. The minimum atomic E-state index is -0.392. The number of ether oxygens (including phenoxy) is 2. The molecule has 0 saturated heterocycles. The molecule has 3 amide bonds. The van der Waals surface area contributed by atoms with Crippen LogP contribution in [0.15, 0.2) is 36.5 Å². The second-order valence-electron chi connectivity index (χ2n) is 5.47. The average molecular weight is 342 g/mol. The number of rotatable bonds is 4. The number of pyridine rings is 1. The number of urea groups is 1. The maximum absolute atomic E-state index is 12.2. The van der Waals surface area contributed by atoms with E-state index in [1.54, 1.807) is 30.5 Å². The van der Waals surface area contributed by atoms with Gasteiger partial charge in [0, 0.05) is 6.20 Å². The summed E-state index contributed by atoms with van der Waals surface area (Å²) >= 11 is 0. The van der Waals surface area contributed by atoms with Crippen LogP contribution in [0.2, 0.25) is 0 Å². The second kappa shape index (κ2) is 7.08. The number of carbonyl (C=O) groups excluding carboxylic acids is 2. The van der Waals surface area contributed by atoms with Gasteiger partial charge in [-0.25, -0.2) is 9.78 Å². The normalized spacial score (nSPS) is 13.8. The Morgan fingerprint density at radius 1 is 1.40 bits per heavy atom. The Hall–Kier alpha value is -3.29. The lowest BCUT2D eigenvalue weighted by atomic mass is 10.1. The molecule has 0 fully saturated rings. The van der Waals surface area contributed by atoms with E-state index in [1.807, 2.05) is 13.0 Å². The first-order chi connectivity index (χ1) is 12.1. The van der Waals surface area contributed by atoms with Crippen LogP contribution in [0, 0.1) is 0 Å². The van der Waals surface area contributed by atoms with E-state index in [2.05, 4.69) is 20.9 Å². The van der Waals surface area contributed by atoms with Crippen molar-refractivity contribution in [3.05, 3.63) is 42.1 Å². The summed E-state index contributed by atoms with van der Waals surface area (Å²) in [6.45, 7) is 1.85. The number of benzene rings is 1. The molecule has 2 heterocycles. The van der Waals surface area contributed by atoms with Crippen molar-refractivity contribution in [3.63, 3.8) is 0 Å². The summed E-state index contributed by atoms with van der Waals surface area (Å²) in [6.07, 6.45) is 1.58. The van der Waals surface area contributed by atoms with E-state index in [1.165, 1.54) is 7.11 Å². The van der Waals surface area contributed by atoms with Crippen LogP contribution in [0.1, 0.15) is 18.5 Å². The minimum Gasteiger partial charge on any atom is -0.482 e. The van der Waals surface area contributed by atoms with Crippen molar-refractivity contribution in [2.45, 2.75) is 13.0 Å². The third-order valence-corrected chi connectivity index (χ3v) is 3.70. The summed E-state index contributed by atoms with van der Waals surface area (Å²) in [5.74, 6) is 0.741. The van der Waals surface area contributed by atoms with Gasteiger partial charge in [-0.15, -0.1) is 0 Å². The Labute approximate surface area is 144 Å². The molecule has 0 saturated carbocycles. The van der Waals surface area contributed by atoms with Crippen LogP contribution in [0.25, 0.3) is 0 Å². The highest BCUT2D eigenvalue weighted by molar-refractivity contribution is 5.95. The number of amides is 3. The number of fused-ring (bicyclic) bond motifs is 1. The molecule has 3 rings (SSSR count). The molecule has 0 bridgehead atoms. The lowest BCUT2D eigenvalue weighted by molar-refractivity contribution is -0.118. The van der Waals surface area contributed by atoms with Crippen molar-refractivity contribution in [1.82, 2.24) is 10.3 Å². The Morgan fingerprint density at radius 3 is 3.04 bits per heavy atom. The molecule has 0 spiro atoms. The molecule has 1 aliphatic heterocycles. The van der Waals surface area contributed by atoms with Crippen LogP contribution in [-0.2, 0) is 4.79 Å². The summed E-state index contributed by atoms with van der Waals surface area (Å²) < 4.78 is 10.4. The highest BCUT2D eigenvalue weighted by Crippen LogP contribution is 2.30. The third kappa shape index (κ3) is 3.79. The predicted molar refractivity (Wildman–Crippen MR) is 91.9 cm³/mol. The van der Waals surface area contributed by atoms with E-state index in [4.69, 9.17) is 9.47 Å². The van der Waals surface area contributed by atoms with Gasteiger partial charge >= 0.3 is 6.03 Å². The van der Waals surface area contributed by atoms with Gasteiger partial charge in [-0.05, 0) is 36.8 Å². The van der Waals surface area contributed by atoms with Crippen molar-refractivity contribution in [1.29, 1.82) is 0 Å². The molecular formula is C17H18N4O4. The van der Waals surface area contributed by atoms with Gasteiger partial charge in [0.2, 0.25) is 5.88 Å². The monoisotopic (exact) mass is 342 g/mol. The fraction of sp³-hybridized carbons (Fsp3) is 0.235. The van der Waals surface area contributed by atoms with Gasteiger partial charge in [-0.2, -0.15) is 0 Å². The van der Waals surface area contributed by atoms with E-state index in [9.17, 15) is 9.59 Å². The van der Waals surface area contributed by atoms with Gasteiger partial charge in [-0.3, -0.25) is 4.79 Å². The molecule has 3 N–H and O–H groups in total. The lowest BCUT2D eigenvalue weighted by Gasteiger charge is -2.21. The molecule has 0 radical (unpaired) electrons. The smallest absolute Gasteiger partial charge is 0.319 e. The predicted octanol–water partition coefficient (Wildman–Crippen LogP) is 2.30. The van der Waals surface area contributed by atoms with Gasteiger partial charge < -0.3 is 25.4 Å². The number of anilines is 2. The molecular weight excluding hydrogens is 324 g/mol. The maximum atomic E-state index is 12.2. The van der Waals surface area contributed by atoms with Crippen molar-refractivity contribution >= 4 is 23.3 Å². The molecule has 130 valence electrons. The topological polar surface area (TPSA) is 102 Å². The standard InChI is InChI=1S/C17H18N4O4/c1-10(11-5-6-14-13(8-11)20-15(22)9-25-14)19-17(23)21-12-4-3-7-18-16(12)24-2/h3-8,10H,9H2,1-2H3,(H,20,22)(H2,19,21,23)/t10-/m0/s1. The summed E-state index contributed by atoms with van der Waals surface area (Å²) in [5, 5.41) is 8.27. The molecule has 8 heteroatoms. The molecule has 0 aliphatic carbocycles. The summed E-state index contributed by atoms with van der Waals surface area (Å²) in [6, 6.07) is 8.11. The summed E-state index contributed by atoms with van der Waals surface area (Å²) in [5.41, 5.74) is 1.90. The van der Waals surface area contributed by atoms with Gasteiger partial charge in [-0.1, -0.05) is 6.07 Å². The van der Waals surface area contributed by atoms with E-state index in [0.29, 0.717) is 23.0 Å². The van der Waals surface area contributed by atoms with Crippen LogP contribution in [0.4, 0.5) is 16.2 Å². The van der Waals surface area contributed by atoms with E-state index in [0.717, 1.165) is 5.56 Å². The van der Waals surface area contributed by atoms with E-state index in [-0.39, 0.29) is 18.6 Å². The molecule has 8 nitrogen and oxygen atoms in total. The molecule has 1 aromatic heterocycles. The van der Waals surface area contributed by atoms with Gasteiger partial charge in [0.1, 0.15) is 11.4 Å². The van der Waals surface area contributed by atoms with E-state index < -0.39 is 6.03 Å². The number of methoxy groups -OCH3 is 1. The number of aromatic nitrogens is 1. The Kier molecular flexibility index (Phi) is 4.69. The molecule has 1 aliphatic rings. The first-order valence-corrected chi connectivity index (χ1v) is 7.70. The molecule has 1 atom stereocenters. The quantitative estimate of drug-likeness (QED) is 0.791. The first-order valence-electron chi connectivity index (χ1n) is 7.70. The highest BCUT2D eigenvalue weighted by atomic mass is 16.5. The van der Waals surface area contributed by atoms with Gasteiger partial charge in [0.15, 0.2) is 6.61 Å². The zero-order chi connectivity index (χ0) is 17.8. The Balaban J connectivity index is 1.67. The SMILES string of the molecule is COc1ncccc1NC(=O)N[C@@H](C)c1ccc2c(c1)NC(=O)CO2. The second-order valence-corrected chi connectivity index (χ2v) is 5.47. The van der Waals surface area contributed by atoms with Gasteiger partial charge in [0.05, 0.1) is 18.8 Å². The Morgan fingerprint density at radius 2 is 2.24 bits per heavy atom. The number of nitrogens with zero attached hydrogens (tertiary/aromatic N) is 1. The summed E-state index contributed by atoms with van der Waals surface area (Å²) in [7, 11) is 1.48. The van der Waals surface area contributed by atoms with Crippen molar-refractivity contribution in [2.75, 3.05) is 24.4 Å². The van der Waals surface area contributed by atoms with Crippen LogP contribution in [0.3, 0.4) is 0 Å². The zero-order valence-corrected chi connectivity index (χ0v) is 13.8. The number of hydrogen-bond acceptors (Lipinski definition) is 5. The van der Waals surface area contributed by atoms with Crippen molar-refractivity contribution in [3.8, 4) is 11.6 Å². The lowest BCUT2D eigenvalue weighted by Crippen LogP contribution is -2.31. The maximum Gasteiger partial charge on any atom is 0.319 e. The molecule has 1 aromatic carbocycles. The highest BCUT2D eigenvalue weighted by Gasteiger charge is 2.18. The largest absolute Gasteiger partial charge is 0.482 e. The van der Waals surface area contributed by atoms with Crippen LogP contribution in [0.5, 0.6) is 11.6 Å². The fourth-order valence-electron chi connectivity index (χ4n) is 2.46. The van der Waals surface area contributed by atoms with Gasteiger partial charge in [0.25, 0.3) is 5.91 Å².